The Kier molecular flexibility index (Phi) is 6.83. The molecule has 3 heterocycles. The van der Waals surface area contributed by atoms with Crippen LogP contribution < -0.4 is 10.6 Å². The van der Waals surface area contributed by atoms with Gasteiger partial charge in [-0.2, -0.15) is 10.4 Å². The van der Waals surface area contributed by atoms with Gasteiger partial charge in [0, 0.05) is 23.5 Å². The highest BCUT2D eigenvalue weighted by molar-refractivity contribution is 5.95. The minimum Gasteiger partial charge on any atom is -0.370 e. The summed E-state index contributed by atoms with van der Waals surface area (Å²) in [6, 6.07) is 8.82. The zero-order valence-corrected chi connectivity index (χ0v) is 21.7. The molecule has 0 aliphatic carbocycles. The van der Waals surface area contributed by atoms with Crippen molar-refractivity contribution in [3.8, 4) is 17.3 Å². The number of hydrogen-bond donors (Lipinski definition) is 2. The van der Waals surface area contributed by atoms with Crippen LogP contribution in [0.4, 0.5) is 11.6 Å². The fraction of sp³-hybridized carbons (Fsp3) is 0.444. The molecule has 0 saturated carbocycles. The summed E-state index contributed by atoms with van der Waals surface area (Å²) >= 11 is 0. The molecule has 9 heteroatoms. The predicted molar refractivity (Wildman–Crippen MR) is 138 cm³/mol. The van der Waals surface area contributed by atoms with E-state index in [2.05, 4.69) is 48.4 Å². The Morgan fingerprint density at radius 1 is 1.17 bits per heavy atom. The minimum absolute atomic E-state index is 0.217. The Morgan fingerprint density at radius 3 is 2.47 bits per heavy atom. The normalized spacial score (nSPS) is 17.7. The number of rotatable bonds is 6. The smallest absolute Gasteiger partial charge is 0.252 e. The molecule has 2 aromatic heterocycles. The van der Waals surface area contributed by atoms with Crippen LogP contribution in [0.5, 0.6) is 0 Å². The van der Waals surface area contributed by atoms with Crippen molar-refractivity contribution in [1.82, 2.24) is 25.1 Å². The van der Waals surface area contributed by atoms with E-state index in [0.717, 1.165) is 35.3 Å². The van der Waals surface area contributed by atoms with Crippen molar-refractivity contribution in [1.29, 1.82) is 5.26 Å². The fourth-order valence-electron chi connectivity index (χ4n) is 4.84. The van der Waals surface area contributed by atoms with Crippen molar-refractivity contribution in [3.05, 3.63) is 54.0 Å². The van der Waals surface area contributed by atoms with Crippen molar-refractivity contribution in [3.63, 3.8) is 0 Å². The largest absolute Gasteiger partial charge is 0.370 e. The number of anilines is 2. The molecule has 188 valence electrons. The van der Waals surface area contributed by atoms with Gasteiger partial charge in [-0.15, -0.1) is 0 Å². The van der Waals surface area contributed by atoms with Crippen LogP contribution in [-0.2, 0) is 4.74 Å². The number of ether oxygens (including phenoxy) is 1. The second kappa shape index (κ2) is 9.70. The van der Waals surface area contributed by atoms with Gasteiger partial charge in [0.2, 0.25) is 5.95 Å². The van der Waals surface area contributed by atoms with Crippen molar-refractivity contribution in [2.24, 2.45) is 0 Å². The number of benzene rings is 1. The van der Waals surface area contributed by atoms with Crippen LogP contribution in [0.1, 0.15) is 69.4 Å². The lowest BCUT2D eigenvalue weighted by Crippen LogP contribution is -2.45. The number of amides is 1. The predicted octanol–water partition coefficient (Wildman–Crippen LogP) is 4.94. The van der Waals surface area contributed by atoms with E-state index in [0.29, 0.717) is 11.5 Å². The molecule has 1 saturated heterocycles. The zero-order valence-electron chi connectivity index (χ0n) is 21.7. The molecule has 1 aromatic carbocycles. The van der Waals surface area contributed by atoms with Crippen molar-refractivity contribution >= 4 is 17.5 Å². The Morgan fingerprint density at radius 2 is 1.83 bits per heavy atom. The highest BCUT2D eigenvalue weighted by Crippen LogP contribution is 2.40. The molecule has 9 nitrogen and oxygen atoms in total. The molecule has 2 N–H and O–H groups in total. The highest BCUT2D eigenvalue weighted by Gasteiger charge is 2.40. The van der Waals surface area contributed by atoms with Gasteiger partial charge in [0.25, 0.3) is 5.91 Å². The van der Waals surface area contributed by atoms with Crippen LogP contribution in [0, 0.1) is 18.3 Å². The quantitative estimate of drug-likeness (QED) is 0.505. The van der Waals surface area contributed by atoms with Crippen LogP contribution in [0.2, 0.25) is 0 Å². The van der Waals surface area contributed by atoms with E-state index < -0.39 is 6.04 Å². The topological polar surface area (TPSA) is 118 Å². The van der Waals surface area contributed by atoms with Crippen LogP contribution in [0.3, 0.4) is 0 Å². The van der Waals surface area contributed by atoms with Crippen molar-refractivity contribution in [2.75, 3.05) is 5.32 Å². The van der Waals surface area contributed by atoms with Crippen LogP contribution in [0.25, 0.3) is 11.3 Å². The average Bonchev–Trinajstić information content (AvgIpc) is 3.27. The Hall–Kier alpha value is -3.77. The number of aromatic nitrogens is 4. The summed E-state index contributed by atoms with van der Waals surface area (Å²) in [6.45, 7) is 12.1. The first-order chi connectivity index (χ1) is 16.9. The van der Waals surface area contributed by atoms with E-state index in [4.69, 9.17) is 15.0 Å². The standard InChI is InChI=1S/C27H33N7O2/c1-17-14-29-25(33-23(17)19-7-9-20(10-8-19)24(35)31-18(2)13-28)32-21-15-30-34(16-21)22-11-26(3,4)36-27(5,6)12-22/h7-10,14-16,18,22H,11-12H2,1-6H3,(H,31,35)(H,29,32,33)/t18-/m0/s1. The lowest BCUT2D eigenvalue weighted by molar-refractivity contribution is -0.170. The molecule has 1 fully saturated rings. The Balaban J connectivity index is 1.50. The molecule has 1 aliphatic heterocycles. The summed E-state index contributed by atoms with van der Waals surface area (Å²) in [7, 11) is 0. The minimum atomic E-state index is -0.552. The summed E-state index contributed by atoms with van der Waals surface area (Å²) in [5, 5.41) is 19.4. The fourth-order valence-corrected chi connectivity index (χ4v) is 4.84. The SMILES string of the molecule is Cc1cnc(Nc2cnn(C3CC(C)(C)OC(C)(C)C3)c2)nc1-c1ccc(C(=O)N[C@@H](C)C#N)cc1. The highest BCUT2D eigenvalue weighted by atomic mass is 16.5. The molecular formula is C27H33N7O2. The molecule has 1 aliphatic rings. The van der Waals surface area contributed by atoms with Gasteiger partial charge in [-0.25, -0.2) is 9.97 Å². The van der Waals surface area contributed by atoms with Crippen molar-refractivity contribution < 1.29 is 9.53 Å². The lowest BCUT2D eigenvalue weighted by Gasteiger charge is -2.45. The van der Waals surface area contributed by atoms with E-state index in [1.54, 1.807) is 31.5 Å². The number of aryl methyl sites for hydroxylation is 1. The zero-order chi connectivity index (χ0) is 26.1. The average molecular weight is 488 g/mol. The molecule has 4 rings (SSSR count). The van der Waals surface area contributed by atoms with Gasteiger partial charge in [0.05, 0.1) is 40.9 Å². The summed E-state index contributed by atoms with van der Waals surface area (Å²) in [4.78, 5) is 21.4. The van der Waals surface area contributed by atoms with Gasteiger partial charge >= 0.3 is 0 Å². The van der Waals surface area contributed by atoms with E-state index >= 15 is 0 Å². The first-order valence-corrected chi connectivity index (χ1v) is 12.1. The molecule has 0 bridgehead atoms. The van der Waals surface area contributed by atoms with Crippen LogP contribution >= 0.6 is 0 Å². The summed E-state index contributed by atoms with van der Waals surface area (Å²) in [5.74, 6) is 0.179. The number of nitrogens with one attached hydrogen (secondary N) is 2. The number of nitrogens with zero attached hydrogens (tertiary/aromatic N) is 5. The summed E-state index contributed by atoms with van der Waals surface area (Å²) < 4.78 is 8.21. The van der Waals surface area contributed by atoms with E-state index in [-0.39, 0.29) is 23.2 Å². The molecule has 36 heavy (non-hydrogen) atoms. The maximum atomic E-state index is 12.3. The van der Waals surface area contributed by atoms with Crippen molar-refractivity contribution in [2.45, 2.75) is 77.7 Å². The molecule has 0 unspecified atom stereocenters. The summed E-state index contributed by atoms with van der Waals surface area (Å²) in [5.41, 5.74) is 3.41. The number of carbonyl (C=O) groups excluding carboxylic acids is 1. The second-order valence-corrected chi connectivity index (χ2v) is 10.6. The maximum absolute atomic E-state index is 12.3. The molecule has 0 spiro atoms. The third-order valence-electron chi connectivity index (χ3n) is 6.17. The van der Waals surface area contributed by atoms with Gasteiger partial charge in [0.1, 0.15) is 6.04 Å². The first kappa shape index (κ1) is 25.3. The van der Waals surface area contributed by atoms with E-state index in [1.807, 2.05) is 36.0 Å². The Bertz CT molecular complexity index is 1270. The maximum Gasteiger partial charge on any atom is 0.252 e. The second-order valence-electron chi connectivity index (χ2n) is 10.6. The van der Waals surface area contributed by atoms with Gasteiger partial charge < -0.3 is 15.4 Å². The number of carbonyl (C=O) groups is 1. The third kappa shape index (κ3) is 5.89. The molecular weight excluding hydrogens is 454 g/mol. The number of hydrogen-bond acceptors (Lipinski definition) is 7. The molecule has 1 atom stereocenters. The van der Waals surface area contributed by atoms with E-state index in [9.17, 15) is 4.79 Å². The Labute approximate surface area is 211 Å². The van der Waals surface area contributed by atoms with Gasteiger partial charge in [-0.05, 0) is 72.1 Å². The monoisotopic (exact) mass is 487 g/mol. The van der Waals surface area contributed by atoms with Gasteiger partial charge in [0.15, 0.2) is 0 Å². The lowest BCUT2D eigenvalue weighted by atomic mass is 9.85. The number of nitriles is 1. The van der Waals surface area contributed by atoms with Crippen LogP contribution in [-0.4, -0.2) is 42.9 Å². The molecule has 1 amide bonds. The van der Waals surface area contributed by atoms with Gasteiger partial charge in [-0.3, -0.25) is 9.48 Å². The molecule has 0 radical (unpaired) electrons. The third-order valence-corrected chi connectivity index (χ3v) is 6.17. The van der Waals surface area contributed by atoms with Gasteiger partial charge in [-0.1, -0.05) is 12.1 Å². The van der Waals surface area contributed by atoms with Crippen LogP contribution in [0.15, 0.2) is 42.9 Å². The molecule has 3 aromatic rings. The van der Waals surface area contributed by atoms with E-state index in [1.165, 1.54) is 0 Å². The summed E-state index contributed by atoms with van der Waals surface area (Å²) in [6.07, 6.45) is 7.31. The first-order valence-electron chi connectivity index (χ1n) is 12.1.